The number of aliphatic imine (C=N–C) groups is 1. The number of sulfonamides is 1. The highest BCUT2D eigenvalue weighted by molar-refractivity contribution is 7.89. The molecule has 0 atom stereocenters. The summed E-state index contributed by atoms with van der Waals surface area (Å²) in [4.78, 5) is 4.14. The second kappa shape index (κ2) is 7.04. The molecular formula is C10H17N5O3S. The van der Waals surface area contributed by atoms with E-state index in [-0.39, 0.29) is 4.90 Å². The van der Waals surface area contributed by atoms with Crippen molar-refractivity contribution in [3.63, 3.8) is 0 Å². The number of nitrogens with zero attached hydrogens (tertiary/aromatic N) is 1. The molecule has 0 heterocycles. The highest BCUT2D eigenvalue weighted by Gasteiger charge is 2.07. The van der Waals surface area contributed by atoms with Gasteiger partial charge in [0.25, 0.3) is 0 Å². The topological polar surface area (TPSA) is 132 Å². The largest absolute Gasteiger partial charge is 0.383 e. The Balaban J connectivity index is 2.73. The molecule has 0 aliphatic rings. The molecule has 0 amide bonds. The van der Waals surface area contributed by atoms with Gasteiger partial charge in [0.2, 0.25) is 16.0 Å². The summed E-state index contributed by atoms with van der Waals surface area (Å²) in [7, 11) is -2.11. The number of hydrogen-bond donors (Lipinski definition) is 4. The van der Waals surface area contributed by atoms with Gasteiger partial charge in [0.15, 0.2) is 0 Å². The minimum atomic E-state index is -3.69. The number of hydrazine groups is 1. The van der Waals surface area contributed by atoms with Crippen LogP contribution in [0.3, 0.4) is 0 Å². The van der Waals surface area contributed by atoms with E-state index in [1.165, 1.54) is 12.1 Å². The normalized spacial score (nSPS) is 12.3. The predicted octanol–water partition coefficient (Wildman–Crippen LogP) is -0.788. The summed E-state index contributed by atoms with van der Waals surface area (Å²) in [5.74, 6) is 5.65. The van der Waals surface area contributed by atoms with Crippen LogP contribution < -0.4 is 21.7 Å². The number of methoxy groups -OCH3 is 1. The van der Waals surface area contributed by atoms with Gasteiger partial charge in [-0.25, -0.2) is 24.4 Å². The maximum Gasteiger partial charge on any atom is 0.238 e. The fourth-order valence-electron chi connectivity index (χ4n) is 1.23. The van der Waals surface area contributed by atoms with Gasteiger partial charge in [-0.3, -0.25) is 5.43 Å². The first-order valence-corrected chi connectivity index (χ1v) is 6.92. The van der Waals surface area contributed by atoms with Gasteiger partial charge in [-0.2, -0.15) is 0 Å². The lowest BCUT2D eigenvalue weighted by Crippen LogP contribution is -2.36. The first kappa shape index (κ1) is 15.4. The zero-order chi connectivity index (χ0) is 14.3. The molecule has 8 nitrogen and oxygen atoms in total. The van der Waals surface area contributed by atoms with Crippen LogP contribution in [0.4, 0.5) is 5.69 Å². The Labute approximate surface area is 111 Å². The van der Waals surface area contributed by atoms with Crippen LogP contribution in [-0.2, 0) is 14.8 Å². The monoisotopic (exact) mass is 287 g/mol. The fraction of sp³-hybridized carbons (Fsp3) is 0.300. The molecule has 6 N–H and O–H groups in total. The summed E-state index contributed by atoms with van der Waals surface area (Å²) in [6.07, 6.45) is 0. The van der Waals surface area contributed by atoms with Crippen LogP contribution in [-0.4, -0.2) is 34.6 Å². The Morgan fingerprint density at radius 2 is 2.00 bits per heavy atom. The van der Waals surface area contributed by atoms with E-state index in [0.717, 1.165) is 0 Å². The molecule has 0 aliphatic carbocycles. The first-order valence-electron chi connectivity index (χ1n) is 5.37. The molecular weight excluding hydrogens is 270 g/mol. The molecule has 0 saturated carbocycles. The molecule has 19 heavy (non-hydrogen) atoms. The second-order valence-electron chi connectivity index (χ2n) is 3.56. The van der Waals surface area contributed by atoms with Crippen LogP contribution in [0.2, 0.25) is 0 Å². The first-order chi connectivity index (χ1) is 8.97. The number of guanidine groups is 1. The van der Waals surface area contributed by atoms with Crippen molar-refractivity contribution in [1.29, 1.82) is 0 Å². The summed E-state index contributed by atoms with van der Waals surface area (Å²) in [6, 6.07) is 5.90. The zero-order valence-corrected chi connectivity index (χ0v) is 11.3. The number of anilines is 1. The van der Waals surface area contributed by atoms with Crippen LogP contribution in [0.25, 0.3) is 0 Å². The van der Waals surface area contributed by atoms with E-state index in [9.17, 15) is 8.42 Å². The molecule has 0 fully saturated rings. The third-order valence-corrected chi connectivity index (χ3v) is 3.08. The molecule has 106 valence electrons. The minimum absolute atomic E-state index is 0.0385. The SMILES string of the molecule is COCCN=C(NN)Nc1ccc(S(N)(=O)=O)cc1. The summed E-state index contributed by atoms with van der Waals surface area (Å²) in [6.45, 7) is 0.912. The Hall–Kier alpha value is -1.68. The van der Waals surface area contributed by atoms with Crippen molar-refractivity contribution in [3.8, 4) is 0 Å². The van der Waals surface area contributed by atoms with E-state index in [1.54, 1.807) is 19.2 Å². The number of primary sulfonamides is 1. The van der Waals surface area contributed by atoms with Crippen LogP contribution in [0.15, 0.2) is 34.2 Å². The fourth-order valence-corrected chi connectivity index (χ4v) is 1.75. The Morgan fingerprint density at radius 3 is 2.47 bits per heavy atom. The molecule has 1 aromatic rings. The van der Waals surface area contributed by atoms with Crippen molar-refractivity contribution in [2.45, 2.75) is 4.90 Å². The lowest BCUT2D eigenvalue weighted by Gasteiger charge is -2.09. The molecule has 0 bridgehead atoms. The van der Waals surface area contributed by atoms with Crippen LogP contribution in [0.1, 0.15) is 0 Å². The number of hydrogen-bond acceptors (Lipinski definition) is 5. The predicted molar refractivity (Wildman–Crippen MR) is 72.9 cm³/mol. The molecule has 0 spiro atoms. The summed E-state index contributed by atoms with van der Waals surface area (Å²) in [5, 5.41) is 7.89. The van der Waals surface area contributed by atoms with E-state index in [0.29, 0.717) is 24.8 Å². The Kier molecular flexibility index (Phi) is 5.70. The van der Waals surface area contributed by atoms with E-state index < -0.39 is 10.0 Å². The average Bonchev–Trinajstić information content (AvgIpc) is 2.37. The van der Waals surface area contributed by atoms with Crippen molar-refractivity contribution in [2.75, 3.05) is 25.6 Å². The zero-order valence-electron chi connectivity index (χ0n) is 10.5. The standard InChI is InChI=1S/C10H17N5O3S/c1-18-7-6-13-10(15-11)14-8-2-4-9(5-3-8)19(12,16)17/h2-5H,6-7,11H2,1H3,(H2,12,16,17)(H2,13,14,15). The second-order valence-corrected chi connectivity index (χ2v) is 5.12. The Bertz CT molecular complexity index is 527. The highest BCUT2D eigenvalue weighted by Crippen LogP contribution is 2.12. The number of rotatable bonds is 5. The summed E-state index contributed by atoms with van der Waals surface area (Å²) in [5.41, 5.74) is 3.02. The van der Waals surface area contributed by atoms with Crippen molar-refractivity contribution in [1.82, 2.24) is 5.43 Å². The maximum atomic E-state index is 11.1. The molecule has 1 aromatic carbocycles. The molecule has 0 saturated heterocycles. The molecule has 0 radical (unpaired) electrons. The highest BCUT2D eigenvalue weighted by atomic mass is 32.2. The number of ether oxygens (including phenoxy) is 1. The lowest BCUT2D eigenvalue weighted by atomic mass is 10.3. The van der Waals surface area contributed by atoms with Crippen molar-refractivity contribution in [3.05, 3.63) is 24.3 Å². The Morgan fingerprint density at radius 1 is 1.37 bits per heavy atom. The summed E-state index contributed by atoms with van der Waals surface area (Å²) < 4.78 is 27.0. The van der Waals surface area contributed by atoms with E-state index in [1.807, 2.05) is 0 Å². The van der Waals surface area contributed by atoms with Crippen molar-refractivity contribution < 1.29 is 13.2 Å². The number of nitrogens with two attached hydrogens (primary N) is 2. The van der Waals surface area contributed by atoms with E-state index in [4.69, 9.17) is 15.7 Å². The van der Waals surface area contributed by atoms with Gasteiger partial charge in [-0.1, -0.05) is 0 Å². The molecule has 0 aromatic heterocycles. The smallest absolute Gasteiger partial charge is 0.238 e. The van der Waals surface area contributed by atoms with Crippen molar-refractivity contribution >= 4 is 21.7 Å². The quantitative estimate of drug-likeness (QED) is 0.184. The van der Waals surface area contributed by atoms with E-state index in [2.05, 4.69) is 15.7 Å². The van der Waals surface area contributed by atoms with Gasteiger partial charge in [-0.05, 0) is 24.3 Å². The van der Waals surface area contributed by atoms with Gasteiger partial charge in [-0.15, -0.1) is 0 Å². The van der Waals surface area contributed by atoms with Gasteiger partial charge < -0.3 is 10.1 Å². The molecule has 1 rings (SSSR count). The molecule has 9 heteroatoms. The van der Waals surface area contributed by atoms with Gasteiger partial charge >= 0.3 is 0 Å². The van der Waals surface area contributed by atoms with Crippen LogP contribution >= 0.6 is 0 Å². The average molecular weight is 287 g/mol. The van der Waals surface area contributed by atoms with Gasteiger partial charge in [0.05, 0.1) is 18.0 Å². The number of benzene rings is 1. The van der Waals surface area contributed by atoms with E-state index >= 15 is 0 Å². The molecule has 0 aliphatic heterocycles. The van der Waals surface area contributed by atoms with Gasteiger partial charge in [0.1, 0.15) is 0 Å². The number of nitrogens with one attached hydrogen (secondary N) is 2. The van der Waals surface area contributed by atoms with Crippen molar-refractivity contribution in [2.24, 2.45) is 16.0 Å². The van der Waals surface area contributed by atoms with Crippen LogP contribution in [0, 0.1) is 0 Å². The third kappa shape index (κ3) is 5.22. The third-order valence-electron chi connectivity index (χ3n) is 2.15. The minimum Gasteiger partial charge on any atom is -0.383 e. The maximum absolute atomic E-state index is 11.1. The van der Waals surface area contributed by atoms with Crippen LogP contribution in [0.5, 0.6) is 0 Å². The summed E-state index contributed by atoms with van der Waals surface area (Å²) >= 11 is 0. The van der Waals surface area contributed by atoms with Gasteiger partial charge in [0, 0.05) is 12.8 Å². The lowest BCUT2D eigenvalue weighted by molar-refractivity contribution is 0.208. The molecule has 0 unspecified atom stereocenters.